The highest BCUT2D eigenvalue weighted by atomic mass is 79.9. The van der Waals surface area contributed by atoms with Gasteiger partial charge >= 0.3 is 0 Å². The van der Waals surface area contributed by atoms with Crippen molar-refractivity contribution in [3.63, 3.8) is 0 Å². The van der Waals surface area contributed by atoms with Crippen molar-refractivity contribution in [2.45, 2.75) is 55.1 Å². The predicted octanol–water partition coefficient (Wildman–Crippen LogP) is 5.29. The van der Waals surface area contributed by atoms with Gasteiger partial charge in [0.05, 0.1) is 11.8 Å². The van der Waals surface area contributed by atoms with Gasteiger partial charge in [0.2, 0.25) is 17.7 Å². The molecule has 0 radical (unpaired) electrons. The van der Waals surface area contributed by atoms with Gasteiger partial charge in [-0.3, -0.25) is 19.3 Å². The number of hydrogen-bond donors (Lipinski definition) is 1. The number of benzene rings is 1. The summed E-state index contributed by atoms with van der Waals surface area (Å²) in [5, 5.41) is 3.00. The third-order valence-electron chi connectivity index (χ3n) is 7.09. The number of halogens is 3. The van der Waals surface area contributed by atoms with E-state index in [4.69, 9.17) is 0 Å². The van der Waals surface area contributed by atoms with Crippen LogP contribution in [0.15, 0.2) is 22.7 Å². The fraction of sp³-hybridized carbons (Fsp3) is 0.609. The molecule has 4 rings (SSSR count). The number of anilines is 1. The van der Waals surface area contributed by atoms with E-state index in [0.29, 0.717) is 13.0 Å². The van der Waals surface area contributed by atoms with E-state index < -0.39 is 0 Å². The lowest BCUT2D eigenvalue weighted by Gasteiger charge is -2.28. The van der Waals surface area contributed by atoms with Gasteiger partial charge in [0, 0.05) is 32.8 Å². The van der Waals surface area contributed by atoms with Gasteiger partial charge in [0.15, 0.2) is 0 Å². The van der Waals surface area contributed by atoms with Crippen LogP contribution in [0.5, 0.6) is 0 Å². The molecule has 1 N–H and O–H groups in total. The molecule has 1 saturated heterocycles. The quantitative estimate of drug-likeness (QED) is 0.245. The molecule has 1 aromatic carbocycles. The first-order valence-corrected chi connectivity index (χ1v) is 13.7. The Morgan fingerprint density at radius 2 is 1.71 bits per heavy atom. The largest absolute Gasteiger partial charge is 0.326 e. The lowest BCUT2D eigenvalue weighted by Crippen LogP contribution is -2.37. The van der Waals surface area contributed by atoms with Gasteiger partial charge in [0.1, 0.15) is 0 Å². The second-order valence-electron chi connectivity index (χ2n) is 8.85. The van der Waals surface area contributed by atoms with Crippen LogP contribution >= 0.6 is 47.8 Å². The summed E-state index contributed by atoms with van der Waals surface area (Å²) in [4.78, 5) is 40.1. The Bertz CT molecular complexity index is 861. The molecule has 3 fully saturated rings. The smallest absolute Gasteiger partial charge is 0.233 e. The molecule has 0 unspecified atom stereocenters. The van der Waals surface area contributed by atoms with Crippen molar-refractivity contribution in [1.29, 1.82) is 0 Å². The van der Waals surface area contributed by atoms with Crippen LogP contribution in [0.4, 0.5) is 5.69 Å². The van der Waals surface area contributed by atoms with Crippen molar-refractivity contribution in [3.05, 3.63) is 28.2 Å². The molecule has 8 heteroatoms. The molecule has 1 aromatic rings. The van der Waals surface area contributed by atoms with E-state index in [0.717, 1.165) is 47.8 Å². The Balaban J connectivity index is 1.22. The van der Waals surface area contributed by atoms with Crippen LogP contribution < -0.4 is 5.32 Å². The van der Waals surface area contributed by atoms with E-state index in [2.05, 4.69) is 60.0 Å². The van der Waals surface area contributed by atoms with Gasteiger partial charge in [-0.15, -0.1) is 0 Å². The van der Waals surface area contributed by atoms with Gasteiger partial charge in [-0.2, -0.15) is 0 Å². The molecule has 3 aliphatic rings. The zero-order valence-corrected chi connectivity index (χ0v) is 22.2. The number of nitrogens with zero attached hydrogens (tertiary/aromatic N) is 1. The van der Waals surface area contributed by atoms with Crippen molar-refractivity contribution < 1.29 is 14.4 Å². The van der Waals surface area contributed by atoms with E-state index in [1.54, 1.807) is 0 Å². The maximum Gasteiger partial charge on any atom is 0.233 e. The number of aryl methyl sites for hydroxylation is 1. The number of carbonyl (C=O) groups excluding carboxylic acids is 3. The molecule has 2 aliphatic carbocycles. The minimum absolute atomic E-state index is 0.00294. The Morgan fingerprint density at radius 3 is 2.32 bits per heavy atom. The predicted molar refractivity (Wildman–Crippen MR) is 131 cm³/mol. The number of hydrogen-bond acceptors (Lipinski definition) is 3. The molecule has 2 saturated carbocycles. The van der Waals surface area contributed by atoms with E-state index >= 15 is 0 Å². The van der Waals surface area contributed by atoms with Gasteiger partial charge in [-0.05, 0) is 61.3 Å². The van der Waals surface area contributed by atoms with Gasteiger partial charge in [0.25, 0.3) is 0 Å². The maximum absolute atomic E-state index is 12.9. The third kappa shape index (κ3) is 4.41. The molecule has 1 heterocycles. The van der Waals surface area contributed by atoms with Crippen molar-refractivity contribution in [2.75, 3.05) is 11.9 Å². The first-order chi connectivity index (χ1) is 14.8. The Labute approximate surface area is 208 Å². The normalized spacial score (nSPS) is 31.4. The van der Waals surface area contributed by atoms with Gasteiger partial charge < -0.3 is 5.32 Å². The van der Waals surface area contributed by atoms with E-state index in [1.165, 1.54) is 4.90 Å². The summed E-state index contributed by atoms with van der Waals surface area (Å²) in [6, 6.07) is 5.87. The monoisotopic (exact) mass is 616 g/mol. The van der Waals surface area contributed by atoms with E-state index in [-0.39, 0.29) is 51.0 Å². The summed E-state index contributed by atoms with van der Waals surface area (Å²) >= 11 is 10.9. The summed E-state index contributed by atoms with van der Waals surface area (Å²) in [7, 11) is 0. The number of rotatable bonds is 8. The second kappa shape index (κ2) is 9.64. The van der Waals surface area contributed by atoms with Crippen LogP contribution in [0, 0.1) is 23.7 Å². The van der Waals surface area contributed by atoms with Gasteiger partial charge in [-0.1, -0.05) is 61.1 Å². The highest BCUT2D eigenvalue weighted by Crippen LogP contribution is 2.60. The number of likely N-dealkylation sites (tertiary alicyclic amines) is 1. The van der Waals surface area contributed by atoms with Crippen molar-refractivity contribution in [1.82, 2.24) is 4.90 Å². The summed E-state index contributed by atoms with van der Waals surface area (Å²) in [5.74, 6) is 0.286. The standard InChI is InChI=1S/C23H27Br3N2O3/c1-2-12-10-13(24)7-8-16(12)27-17(29)6-4-3-5-9-28-22(30)18-14-11-15(19(18)23(28)31)21(26)20(14)25/h7-8,10,14-15,18-21H,2-6,9,11H2,1H3,(H,27,29)/t14-,15-,18-,19+,20-,21+/m1/s1. The van der Waals surface area contributed by atoms with Crippen LogP contribution in [0.3, 0.4) is 0 Å². The van der Waals surface area contributed by atoms with Crippen molar-refractivity contribution in [3.8, 4) is 0 Å². The summed E-state index contributed by atoms with van der Waals surface area (Å²) in [6.07, 6.45) is 4.55. The van der Waals surface area contributed by atoms with Crippen molar-refractivity contribution >= 4 is 71.2 Å². The highest BCUT2D eigenvalue weighted by Gasteiger charge is 2.66. The molecule has 0 spiro atoms. The molecular formula is C23H27Br3N2O3. The number of nitrogens with one attached hydrogen (secondary N) is 1. The SMILES string of the molecule is CCc1cc(Br)ccc1NC(=O)CCCCCN1C(=O)[C@@H]2[C@H]3C[C@@H]([C@H](Br)[C@@H]3Br)[C@@H]2C1=O. The lowest BCUT2D eigenvalue weighted by molar-refractivity contribution is -0.140. The number of amides is 3. The molecule has 168 valence electrons. The molecule has 1 aliphatic heterocycles. The average Bonchev–Trinajstić information content (AvgIpc) is 3.35. The molecule has 3 amide bonds. The average molecular weight is 619 g/mol. The number of alkyl halides is 2. The van der Waals surface area contributed by atoms with Crippen LogP contribution in [0.1, 0.15) is 44.6 Å². The minimum atomic E-state index is -0.139. The third-order valence-corrected chi connectivity index (χ3v) is 10.8. The highest BCUT2D eigenvalue weighted by molar-refractivity contribution is 9.12. The van der Waals surface area contributed by atoms with Crippen LogP contribution in [0.25, 0.3) is 0 Å². The summed E-state index contributed by atoms with van der Waals surface area (Å²) < 4.78 is 1.00. The Kier molecular flexibility index (Phi) is 7.28. The zero-order valence-electron chi connectivity index (χ0n) is 17.5. The summed E-state index contributed by atoms with van der Waals surface area (Å²) in [5.41, 5.74) is 1.96. The van der Waals surface area contributed by atoms with E-state index in [1.807, 2.05) is 18.2 Å². The zero-order chi connectivity index (χ0) is 22.3. The topological polar surface area (TPSA) is 66.5 Å². The Hall–Kier alpha value is -0.730. The molecular weight excluding hydrogens is 592 g/mol. The molecule has 31 heavy (non-hydrogen) atoms. The fourth-order valence-electron chi connectivity index (χ4n) is 5.55. The number of imide groups is 1. The maximum atomic E-state index is 12.9. The van der Waals surface area contributed by atoms with Crippen LogP contribution in [-0.4, -0.2) is 38.8 Å². The first kappa shape index (κ1) is 23.4. The van der Waals surface area contributed by atoms with Crippen molar-refractivity contribution in [2.24, 2.45) is 23.7 Å². The molecule has 2 bridgehead atoms. The summed E-state index contributed by atoms with van der Waals surface area (Å²) in [6.45, 7) is 2.53. The Morgan fingerprint density at radius 1 is 1.06 bits per heavy atom. The number of carbonyl (C=O) groups is 3. The number of fused-ring (bicyclic) bond motifs is 5. The second-order valence-corrected chi connectivity index (χ2v) is 11.9. The molecule has 6 atom stereocenters. The first-order valence-electron chi connectivity index (χ1n) is 11.0. The fourth-order valence-corrected chi connectivity index (χ4v) is 7.83. The molecule has 5 nitrogen and oxygen atoms in total. The molecule has 0 aromatic heterocycles. The minimum Gasteiger partial charge on any atom is -0.326 e. The lowest BCUT2D eigenvalue weighted by atomic mass is 9.81. The van der Waals surface area contributed by atoms with Crippen LogP contribution in [0.2, 0.25) is 0 Å². The van der Waals surface area contributed by atoms with E-state index in [9.17, 15) is 14.4 Å². The van der Waals surface area contributed by atoms with Gasteiger partial charge in [-0.25, -0.2) is 0 Å². The number of unbranched alkanes of at least 4 members (excludes halogenated alkanes) is 2. The van der Waals surface area contributed by atoms with Crippen LogP contribution in [-0.2, 0) is 20.8 Å².